The Morgan fingerprint density at radius 1 is 1.34 bits per heavy atom. The van der Waals surface area contributed by atoms with Crippen molar-refractivity contribution < 1.29 is 14.7 Å². The van der Waals surface area contributed by atoms with Crippen LogP contribution in [-0.2, 0) is 22.4 Å². The van der Waals surface area contributed by atoms with Gasteiger partial charge in [0.05, 0.1) is 12.5 Å². The highest BCUT2D eigenvalue weighted by molar-refractivity contribution is 5.82. The third kappa shape index (κ3) is 5.00. The predicted molar refractivity (Wildman–Crippen MR) is 123 cm³/mol. The number of aliphatic carboxylic acids is 1. The fourth-order valence-corrected chi connectivity index (χ4v) is 4.70. The van der Waals surface area contributed by atoms with Crippen LogP contribution in [0.2, 0.25) is 0 Å². The van der Waals surface area contributed by atoms with Gasteiger partial charge in [0.2, 0.25) is 5.91 Å². The summed E-state index contributed by atoms with van der Waals surface area (Å²) in [7, 11) is 1.78. The summed E-state index contributed by atoms with van der Waals surface area (Å²) in [5.74, 6) is 0.780. The number of amides is 1. The molecule has 2 aromatic heterocycles. The Morgan fingerprint density at radius 2 is 2.22 bits per heavy atom. The second kappa shape index (κ2) is 9.97. The number of carboxylic acid groups (broad SMARTS) is 1. The summed E-state index contributed by atoms with van der Waals surface area (Å²) in [5, 5.41) is 15.8. The average molecular weight is 438 g/mol. The average Bonchev–Trinajstić information content (AvgIpc) is 3.17. The van der Waals surface area contributed by atoms with E-state index in [1.807, 2.05) is 12.1 Å². The first-order valence-corrected chi connectivity index (χ1v) is 11.4. The highest BCUT2D eigenvalue weighted by Gasteiger charge is 2.37. The lowest BCUT2D eigenvalue weighted by Gasteiger charge is -2.27. The van der Waals surface area contributed by atoms with Crippen LogP contribution in [0.25, 0.3) is 0 Å². The van der Waals surface area contributed by atoms with E-state index < -0.39 is 12.0 Å². The van der Waals surface area contributed by atoms with Crippen LogP contribution in [0.5, 0.6) is 0 Å². The van der Waals surface area contributed by atoms with E-state index in [1.54, 1.807) is 18.1 Å². The maximum atomic E-state index is 13.1. The van der Waals surface area contributed by atoms with E-state index >= 15 is 0 Å². The highest BCUT2D eigenvalue weighted by atomic mass is 16.4. The summed E-state index contributed by atoms with van der Waals surface area (Å²) in [4.78, 5) is 35.4. The van der Waals surface area contributed by atoms with Gasteiger partial charge in [-0.1, -0.05) is 12.1 Å². The van der Waals surface area contributed by atoms with Gasteiger partial charge in [-0.3, -0.25) is 9.59 Å². The van der Waals surface area contributed by atoms with Crippen molar-refractivity contribution in [3.63, 3.8) is 0 Å². The number of carboxylic acids is 1. The van der Waals surface area contributed by atoms with Gasteiger partial charge in [-0.2, -0.15) is 0 Å². The normalized spacial score (nSPS) is 18.7. The molecular weight excluding hydrogens is 406 g/mol. The lowest BCUT2D eigenvalue weighted by Crippen LogP contribution is -2.33. The van der Waals surface area contributed by atoms with E-state index in [4.69, 9.17) is 4.98 Å². The number of anilines is 2. The molecule has 1 saturated heterocycles. The Morgan fingerprint density at radius 3 is 2.97 bits per heavy atom. The third-order valence-corrected chi connectivity index (χ3v) is 6.46. The topological polar surface area (TPSA) is 107 Å². The molecule has 4 rings (SSSR count). The Labute approximate surface area is 188 Å². The molecule has 0 aromatic carbocycles. The second-order valence-electron chi connectivity index (χ2n) is 8.59. The standard InChI is InChI=1S/C24H31N5O3/c1-25-21-10-8-18(15-27-21)20(14-22(30)31)29-13-11-17(24(29)32)4-2-6-19-9-7-16-5-3-12-26-23(16)28-19/h7-10,15,17,20H,2-6,11-14H2,1H3,(H,25,27)(H,26,28)(H,30,31). The summed E-state index contributed by atoms with van der Waals surface area (Å²) in [6.07, 6.45) is 7.04. The molecular formula is C24H31N5O3. The quantitative estimate of drug-likeness (QED) is 0.553. The zero-order chi connectivity index (χ0) is 22.5. The van der Waals surface area contributed by atoms with Gasteiger partial charge in [-0.15, -0.1) is 0 Å². The van der Waals surface area contributed by atoms with Crippen LogP contribution in [0, 0.1) is 5.92 Å². The van der Waals surface area contributed by atoms with Crippen LogP contribution in [0.1, 0.15) is 55.0 Å². The van der Waals surface area contributed by atoms with Crippen molar-refractivity contribution >= 4 is 23.5 Å². The van der Waals surface area contributed by atoms with Crippen molar-refractivity contribution in [3.8, 4) is 0 Å². The van der Waals surface area contributed by atoms with Crippen LogP contribution >= 0.6 is 0 Å². The van der Waals surface area contributed by atoms with Gasteiger partial charge in [0, 0.05) is 37.9 Å². The number of carbonyl (C=O) groups excluding carboxylic acids is 1. The first kappa shape index (κ1) is 22.0. The fourth-order valence-electron chi connectivity index (χ4n) is 4.70. The first-order valence-electron chi connectivity index (χ1n) is 11.4. The molecule has 2 aliphatic heterocycles. The number of aromatic nitrogens is 2. The minimum Gasteiger partial charge on any atom is -0.481 e. The van der Waals surface area contributed by atoms with Crippen LogP contribution < -0.4 is 10.6 Å². The third-order valence-electron chi connectivity index (χ3n) is 6.46. The van der Waals surface area contributed by atoms with Gasteiger partial charge in [0.1, 0.15) is 11.6 Å². The zero-order valence-corrected chi connectivity index (χ0v) is 18.5. The Bertz CT molecular complexity index is 963. The van der Waals surface area contributed by atoms with Gasteiger partial charge < -0.3 is 20.6 Å². The number of carbonyl (C=O) groups is 2. The largest absolute Gasteiger partial charge is 0.481 e. The molecule has 2 aliphatic rings. The van der Waals surface area contributed by atoms with Gasteiger partial charge in [0.25, 0.3) is 0 Å². The summed E-state index contributed by atoms with van der Waals surface area (Å²) in [6, 6.07) is 7.43. The SMILES string of the molecule is CNc1ccc(C(CC(=O)O)N2CCC(CCCc3ccc4c(n3)NCCC4)C2=O)cn1. The molecule has 0 bridgehead atoms. The van der Waals surface area contributed by atoms with Crippen molar-refractivity contribution in [2.24, 2.45) is 5.92 Å². The number of aryl methyl sites for hydroxylation is 2. The molecule has 32 heavy (non-hydrogen) atoms. The van der Waals surface area contributed by atoms with E-state index in [0.29, 0.717) is 12.4 Å². The maximum absolute atomic E-state index is 13.1. The summed E-state index contributed by atoms with van der Waals surface area (Å²) >= 11 is 0. The second-order valence-corrected chi connectivity index (χ2v) is 8.59. The van der Waals surface area contributed by atoms with E-state index in [9.17, 15) is 14.7 Å². The van der Waals surface area contributed by atoms with E-state index in [-0.39, 0.29) is 18.2 Å². The molecule has 8 nitrogen and oxygen atoms in total. The molecule has 170 valence electrons. The molecule has 2 unspecified atom stereocenters. The predicted octanol–water partition coefficient (Wildman–Crippen LogP) is 3.26. The Kier molecular flexibility index (Phi) is 6.87. The fraction of sp³-hybridized carbons (Fsp3) is 0.500. The summed E-state index contributed by atoms with van der Waals surface area (Å²) < 4.78 is 0. The molecule has 1 amide bonds. The van der Waals surface area contributed by atoms with E-state index in [2.05, 4.69) is 27.8 Å². The number of pyridine rings is 2. The number of fused-ring (bicyclic) bond motifs is 1. The smallest absolute Gasteiger partial charge is 0.305 e. The van der Waals surface area contributed by atoms with Crippen LogP contribution in [0.4, 0.5) is 11.6 Å². The van der Waals surface area contributed by atoms with Crippen molar-refractivity contribution in [1.29, 1.82) is 0 Å². The number of nitrogens with one attached hydrogen (secondary N) is 2. The van der Waals surface area contributed by atoms with Crippen molar-refractivity contribution in [3.05, 3.63) is 47.3 Å². The number of likely N-dealkylation sites (tertiary alicyclic amines) is 1. The van der Waals surface area contributed by atoms with Crippen LogP contribution in [0.15, 0.2) is 30.5 Å². The first-order chi connectivity index (χ1) is 15.5. The Hall–Kier alpha value is -3.16. The molecule has 1 fully saturated rings. The summed E-state index contributed by atoms with van der Waals surface area (Å²) in [6.45, 7) is 1.55. The highest BCUT2D eigenvalue weighted by Crippen LogP contribution is 2.33. The van der Waals surface area contributed by atoms with E-state index in [1.165, 1.54) is 5.56 Å². The molecule has 0 aliphatic carbocycles. The molecule has 0 radical (unpaired) electrons. The molecule has 4 heterocycles. The molecule has 3 N–H and O–H groups in total. The molecule has 8 heteroatoms. The number of rotatable bonds is 9. The van der Waals surface area contributed by atoms with Crippen molar-refractivity contribution in [1.82, 2.24) is 14.9 Å². The van der Waals surface area contributed by atoms with E-state index in [0.717, 1.165) is 62.1 Å². The molecule has 0 spiro atoms. The Balaban J connectivity index is 1.36. The molecule has 2 aromatic rings. The molecule has 0 saturated carbocycles. The monoisotopic (exact) mass is 437 g/mol. The van der Waals surface area contributed by atoms with Gasteiger partial charge in [-0.25, -0.2) is 9.97 Å². The van der Waals surface area contributed by atoms with Gasteiger partial charge in [0.15, 0.2) is 0 Å². The number of nitrogens with zero attached hydrogens (tertiary/aromatic N) is 3. The van der Waals surface area contributed by atoms with Gasteiger partial charge >= 0.3 is 5.97 Å². The van der Waals surface area contributed by atoms with Crippen LogP contribution in [0.3, 0.4) is 0 Å². The van der Waals surface area contributed by atoms with Crippen molar-refractivity contribution in [2.75, 3.05) is 30.8 Å². The van der Waals surface area contributed by atoms with Crippen LogP contribution in [-0.4, -0.2) is 52.0 Å². The zero-order valence-electron chi connectivity index (χ0n) is 18.5. The molecule has 2 atom stereocenters. The van der Waals surface area contributed by atoms with Gasteiger partial charge in [-0.05, 0) is 61.8 Å². The maximum Gasteiger partial charge on any atom is 0.305 e. The number of hydrogen-bond donors (Lipinski definition) is 3. The summed E-state index contributed by atoms with van der Waals surface area (Å²) in [5.41, 5.74) is 3.09. The van der Waals surface area contributed by atoms with Crippen molar-refractivity contribution in [2.45, 2.75) is 51.0 Å². The minimum absolute atomic E-state index is 0.0500. The minimum atomic E-state index is -0.920. The number of hydrogen-bond acceptors (Lipinski definition) is 6. The lowest BCUT2D eigenvalue weighted by molar-refractivity contribution is -0.140. The lowest BCUT2D eigenvalue weighted by atomic mass is 9.98.